The van der Waals surface area contributed by atoms with Crippen molar-refractivity contribution in [3.63, 3.8) is 0 Å². The highest BCUT2D eigenvalue weighted by molar-refractivity contribution is 5.77. The molecule has 0 spiro atoms. The van der Waals surface area contributed by atoms with Crippen LogP contribution in [0.1, 0.15) is 12.8 Å². The molecule has 1 amide bonds. The summed E-state index contributed by atoms with van der Waals surface area (Å²) >= 11 is 0. The zero-order chi connectivity index (χ0) is 11.7. The summed E-state index contributed by atoms with van der Waals surface area (Å²) in [7, 11) is 5.24. The number of carbonyl (C=O) groups is 1. The summed E-state index contributed by atoms with van der Waals surface area (Å²) in [6.45, 7) is 1.70. The Balaban J connectivity index is 4.02. The highest BCUT2D eigenvalue weighted by Crippen LogP contribution is 2.04. The fourth-order valence-electron chi connectivity index (χ4n) is 1.41. The van der Waals surface area contributed by atoms with E-state index in [4.69, 9.17) is 10.5 Å². The van der Waals surface area contributed by atoms with Crippen molar-refractivity contribution in [2.24, 2.45) is 5.73 Å². The minimum atomic E-state index is 0.0198. The van der Waals surface area contributed by atoms with E-state index in [-0.39, 0.29) is 11.9 Å². The lowest BCUT2D eigenvalue weighted by atomic mass is 10.1. The SMILES string of the molecule is CNC(=O)CN(C)C(CCCN)COC. The van der Waals surface area contributed by atoms with E-state index in [1.165, 1.54) is 0 Å². The summed E-state index contributed by atoms with van der Waals surface area (Å²) in [6.07, 6.45) is 1.91. The van der Waals surface area contributed by atoms with Crippen molar-refractivity contribution in [1.82, 2.24) is 10.2 Å². The minimum absolute atomic E-state index is 0.0198. The Morgan fingerprint density at radius 2 is 2.27 bits per heavy atom. The van der Waals surface area contributed by atoms with Crippen LogP contribution in [0.25, 0.3) is 0 Å². The Kier molecular flexibility index (Phi) is 8.27. The summed E-state index contributed by atoms with van der Waals surface area (Å²) in [6, 6.07) is 0.260. The van der Waals surface area contributed by atoms with Gasteiger partial charge in [-0.05, 0) is 26.4 Å². The molecule has 0 fully saturated rings. The van der Waals surface area contributed by atoms with Gasteiger partial charge in [0, 0.05) is 20.2 Å². The molecule has 1 unspecified atom stereocenters. The van der Waals surface area contributed by atoms with Gasteiger partial charge in [0.1, 0.15) is 0 Å². The molecule has 0 aliphatic carbocycles. The molecule has 0 aliphatic rings. The molecule has 0 aromatic rings. The Morgan fingerprint density at radius 3 is 2.73 bits per heavy atom. The second kappa shape index (κ2) is 8.64. The van der Waals surface area contributed by atoms with Crippen LogP contribution in [-0.2, 0) is 9.53 Å². The quantitative estimate of drug-likeness (QED) is 0.571. The fraction of sp³-hybridized carbons (Fsp3) is 0.900. The molecule has 0 aromatic heterocycles. The molecule has 5 heteroatoms. The fourth-order valence-corrected chi connectivity index (χ4v) is 1.41. The molecular weight excluding hydrogens is 194 g/mol. The zero-order valence-electron chi connectivity index (χ0n) is 9.95. The van der Waals surface area contributed by atoms with Crippen molar-refractivity contribution in [2.75, 3.05) is 40.9 Å². The summed E-state index contributed by atoms with van der Waals surface area (Å²) in [5, 5.41) is 2.60. The van der Waals surface area contributed by atoms with Crippen molar-refractivity contribution in [3.05, 3.63) is 0 Å². The number of hydrogen-bond donors (Lipinski definition) is 2. The third-order valence-electron chi connectivity index (χ3n) is 2.40. The monoisotopic (exact) mass is 217 g/mol. The molecule has 5 nitrogen and oxygen atoms in total. The van der Waals surface area contributed by atoms with Crippen LogP contribution in [0.2, 0.25) is 0 Å². The molecule has 90 valence electrons. The Bertz CT molecular complexity index is 176. The van der Waals surface area contributed by atoms with Crippen molar-refractivity contribution in [1.29, 1.82) is 0 Å². The van der Waals surface area contributed by atoms with Crippen molar-refractivity contribution in [3.8, 4) is 0 Å². The summed E-state index contributed by atoms with van der Waals surface area (Å²) in [4.78, 5) is 13.2. The predicted molar refractivity (Wildman–Crippen MR) is 60.6 cm³/mol. The number of hydrogen-bond acceptors (Lipinski definition) is 4. The van der Waals surface area contributed by atoms with Gasteiger partial charge in [-0.3, -0.25) is 9.69 Å². The number of rotatable bonds is 8. The maximum Gasteiger partial charge on any atom is 0.233 e. The average Bonchev–Trinajstić information content (AvgIpc) is 2.23. The molecule has 0 saturated heterocycles. The number of amides is 1. The van der Waals surface area contributed by atoms with E-state index in [2.05, 4.69) is 5.32 Å². The first-order valence-corrected chi connectivity index (χ1v) is 5.25. The molecule has 1 atom stereocenters. The van der Waals surface area contributed by atoms with Gasteiger partial charge in [0.15, 0.2) is 0 Å². The van der Waals surface area contributed by atoms with Crippen LogP contribution in [0.5, 0.6) is 0 Å². The number of methoxy groups -OCH3 is 1. The maximum absolute atomic E-state index is 11.2. The molecule has 15 heavy (non-hydrogen) atoms. The van der Waals surface area contributed by atoms with Gasteiger partial charge in [-0.1, -0.05) is 0 Å². The van der Waals surface area contributed by atoms with Crippen molar-refractivity contribution < 1.29 is 9.53 Å². The second-order valence-corrected chi connectivity index (χ2v) is 3.63. The summed E-state index contributed by atoms with van der Waals surface area (Å²) < 4.78 is 5.12. The van der Waals surface area contributed by atoms with Crippen molar-refractivity contribution >= 4 is 5.91 Å². The van der Waals surface area contributed by atoms with E-state index in [1.54, 1.807) is 14.2 Å². The molecule has 0 aliphatic heterocycles. The average molecular weight is 217 g/mol. The zero-order valence-corrected chi connectivity index (χ0v) is 9.95. The molecule has 0 radical (unpaired) electrons. The van der Waals surface area contributed by atoms with Gasteiger partial charge in [-0.2, -0.15) is 0 Å². The van der Waals surface area contributed by atoms with Gasteiger partial charge >= 0.3 is 0 Å². The standard InChI is InChI=1S/C10H23N3O2/c1-12-10(14)7-13(2)9(8-15-3)5-4-6-11/h9H,4-8,11H2,1-3H3,(H,12,14). The molecule has 3 N–H and O–H groups in total. The van der Waals surface area contributed by atoms with Crippen LogP contribution in [0, 0.1) is 0 Å². The van der Waals surface area contributed by atoms with Gasteiger partial charge in [-0.25, -0.2) is 0 Å². The summed E-state index contributed by atoms with van der Waals surface area (Å²) in [5.41, 5.74) is 5.46. The van der Waals surface area contributed by atoms with Gasteiger partial charge in [0.25, 0.3) is 0 Å². The second-order valence-electron chi connectivity index (χ2n) is 3.63. The van der Waals surface area contributed by atoms with E-state index in [9.17, 15) is 4.79 Å². The van der Waals surface area contributed by atoms with Gasteiger partial charge in [-0.15, -0.1) is 0 Å². The number of carbonyl (C=O) groups excluding carboxylic acids is 1. The van der Waals surface area contributed by atoms with Crippen molar-refractivity contribution in [2.45, 2.75) is 18.9 Å². The number of ether oxygens (including phenoxy) is 1. The lowest BCUT2D eigenvalue weighted by Crippen LogP contribution is -2.42. The number of likely N-dealkylation sites (N-methyl/N-ethyl adjacent to an activating group) is 2. The third-order valence-corrected chi connectivity index (χ3v) is 2.40. The molecule has 0 heterocycles. The largest absolute Gasteiger partial charge is 0.383 e. The highest BCUT2D eigenvalue weighted by Gasteiger charge is 2.16. The van der Waals surface area contributed by atoms with Crippen LogP contribution in [0.15, 0.2) is 0 Å². The maximum atomic E-state index is 11.2. The molecule has 0 rings (SSSR count). The van der Waals surface area contributed by atoms with E-state index in [0.717, 1.165) is 12.8 Å². The number of nitrogens with zero attached hydrogens (tertiary/aromatic N) is 1. The first-order chi connectivity index (χ1) is 7.15. The highest BCUT2D eigenvalue weighted by atomic mass is 16.5. The van der Waals surface area contributed by atoms with E-state index in [1.807, 2.05) is 11.9 Å². The normalized spacial score (nSPS) is 12.9. The summed E-state index contributed by atoms with van der Waals surface area (Å²) in [5.74, 6) is 0.0198. The van der Waals surface area contributed by atoms with Crippen LogP contribution >= 0.6 is 0 Å². The van der Waals surface area contributed by atoms with Crippen LogP contribution in [-0.4, -0.2) is 57.8 Å². The first-order valence-electron chi connectivity index (χ1n) is 5.25. The smallest absolute Gasteiger partial charge is 0.233 e. The van der Waals surface area contributed by atoms with Crippen LogP contribution < -0.4 is 11.1 Å². The van der Waals surface area contributed by atoms with E-state index >= 15 is 0 Å². The van der Waals surface area contributed by atoms with Crippen LogP contribution in [0.3, 0.4) is 0 Å². The Morgan fingerprint density at radius 1 is 1.60 bits per heavy atom. The minimum Gasteiger partial charge on any atom is -0.383 e. The van der Waals surface area contributed by atoms with Gasteiger partial charge in [0.2, 0.25) is 5.91 Å². The predicted octanol–water partition coefficient (Wildman–Crippen LogP) is -0.582. The van der Waals surface area contributed by atoms with Crippen LogP contribution in [0.4, 0.5) is 0 Å². The van der Waals surface area contributed by atoms with E-state index < -0.39 is 0 Å². The Labute approximate surface area is 91.9 Å². The van der Waals surface area contributed by atoms with Gasteiger partial charge in [0.05, 0.1) is 13.2 Å². The topological polar surface area (TPSA) is 67.6 Å². The number of nitrogens with one attached hydrogen (secondary N) is 1. The molecule has 0 aromatic carbocycles. The Hall–Kier alpha value is -0.650. The first kappa shape index (κ1) is 14.3. The number of nitrogens with two attached hydrogens (primary N) is 1. The third kappa shape index (κ3) is 6.43. The molecule has 0 bridgehead atoms. The lowest BCUT2D eigenvalue weighted by molar-refractivity contribution is -0.122. The molecule has 0 saturated carbocycles. The lowest BCUT2D eigenvalue weighted by Gasteiger charge is -2.26. The van der Waals surface area contributed by atoms with Gasteiger partial charge < -0.3 is 15.8 Å². The molecular formula is C10H23N3O2. The van der Waals surface area contributed by atoms with E-state index in [0.29, 0.717) is 19.7 Å².